The molecular formula is C62H66N8O26. The number of rotatable bonds is 21. The molecular weight excluding hydrogens is 1270 g/mol. The zero-order chi connectivity index (χ0) is 72.0. The number of carboxylic acids is 6. The Labute approximate surface area is 548 Å². The zero-order valence-corrected chi connectivity index (χ0v) is 51.6. The van der Waals surface area contributed by atoms with E-state index >= 15 is 0 Å². The topological polar surface area (TPSA) is 578 Å². The molecule has 510 valence electrons. The number of nitriles is 2. The van der Waals surface area contributed by atoms with E-state index in [0.717, 1.165) is 96.4 Å². The minimum atomic E-state index is -2.44. The van der Waals surface area contributed by atoms with E-state index in [1.54, 1.807) is 0 Å². The molecule has 96 heavy (non-hydrogen) atoms. The van der Waals surface area contributed by atoms with Crippen LogP contribution in [0.25, 0.3) is 0 Å². The number of nitrogens with zero attached hydrogens (tertiary/aromatic N) is 6. The molecule has 10 unspecified atom stereocenters. The quantitative estimate of drug-likeness (QED) is 0.0370. The van der Waals surface area contributed by atoms with Gasteiger partial charge in [-0.1, -0.05) is 0 Å². The number of carbonyl (C=O) groups excluding carboxylic acids is 8. The molecule has 0 radical (unpaired) electrons. The predicted octanol–water partition coefficient (Wildman–Crippen LogP) is -9.66. The minimum absolute atomic E-state index is 0.0159. The molecule has 10 N–H and O–H groups in total. The number of carbonyl (C=O) groups is 8. The van der Waals surface area contributed by atoms with E-state index in [4.69, 9.17) is 74.0 Å². The van der Waals surface area contributed by atoms with Crippen LogP contribution in [0.15, 0.2) is 48.8 Å². The van der Waals surface area contributed by atoms with E-state index in [-0.39, 0.29) is 46.4 Å². The average molecular weight is 1340 g/mol. The van der Waals surface area contributed by atoms with Crippen LogP contribution in [0.1, 0.15) is 127 Å². The first-order valence-corrected chi connectivity index (χ1v) is 28.8. The number of ether oxygens (including phenoxy) is 4. The number of aliphatic hydroxyl groups excluding tert-OH is 8. The Kier molecular flexibility index (Phi) is 30.5. The summed E-state index contributed by atoms with van der Waals surface area (Å²) in [6.07, 6.45) is -11.4. The van der Waals surface area contributed by atoms with Crippen molar-refractivity contribution in [2.24, 2.45) is 0 Å². The Bertz CT molecular complexity index is 3180. The van der Waals surface area contributed by atoms with Crippen LogP contribution in [0.4, 0.5) is 0 Å². The standard InChI is InChI=1S/2C25H27N4O4.3C4H6O6/c2*1-15-19(4-5-20-16(2)33-14-21(15)20)23(30)13-29-8-6-18(7-9-29)28-25(31)22-10-24(32-3)17(11-26)12-27-22;3*5-1(3(7)8)2(6)4(9)10/h2*4-5,10,12,16,18,23,30H,6-9,13-14H2,1,3H3,(H,28,31);3*1-2,5-6H,(H,7,8)(H,9,10)/q2*+3;;;/p-6. The number of piperidine rings is 2. The van der Waals surface area contributed by atoms with Crippen molar-refractivity contribution >= 4 is 47.6 Å². The summed E-state index contributed by atoms with van der Waals surface area (Å²) in [4.78, 5) is 95.5. The molecule has 0 spiro atoms. The third-order valence-electron chi connectivity index (χ3n) is 15.4. The molecule has 34 nitrogen and oxygen atoms in total. The number of pyridine rings is 2. The Morgan fingerprint density at radius 2 is 0.823 bits per heavy atom. The van der Waals surface area contributed by atoms with Gasteiger partial charge in [-0.15, -0.1) is 0 Å². The molecule has 34 heteroatoms. The van der Waals surface area contributed by atoms with E-state index in [1.165, 1.54) is 38.7 Å². The Morgan fingerprint density at radius 3 is 1.07 bits per heavy atom. The van der Waals surface area contributed by atoms with Crippen LogP contribution in [-0.4, -0.2) is 210 Å². The van der Waals surface area contributed by atoms with Crippen LogP contribution >= 0.6 is 0 Å². The third-order valence-corrected chi connectivity index (χ3v) is 15.4. The number of carboxylic acid groups (broad SMARTS) is 6. The number of amides is 2. The SMILES string of the molecule is O=C([O-])C(O)C(O)C(=O)[O-].O=C([O-])C(O)C(O)C(=O)[O-].O=C([O-])C(O)C(O)C(=O)[O-].[C+3]C1OCc2c1ccc(C(O)CN1CCC(NC(=O)c3cc(OC)c(C#N)cn3)CC1)c2C.[C+3]C1OCc2c1ccc(C(O)CN1CCC(NC(=O)c3cc(OC)c(C#N)cn3)CC1)c2C. The molecule has 2 saturated heterocycles. The monoisotopic (exact) mass is 1340 g/mol. The van der Waals surface area contributed by atoms with Gasteiger partial charge in [0, 0.05) is 24.5 Å². The van der Waals surface area contributed by atoms with Crippen LogP contribution < -0.4 is 50.7 Å². The zero-order valence-electron chi connectivity index (χ0n) is 51.6. The fourth-order valence-electron chi connectivity index (χ4n) is 9.83. The number of β-amino-alcohol motifs (C(OH)–C–C–N with tert-alkyl or cyclic N) is 2. The summed E-state index contributed by atoms with van der Waals surface area (Å²) in [5.74, 6) is -12.3. The molecule has 0 bridgehead atoms. The number of benzene rings is 2. The fourth-order valence-corrected chi connectivity index (χ4v) is 9.83. The Hall–Kier alpha value is -9.40. The first-order chi connectivity index (χ1) is 45.2. The van der Waals surface area contributed by atoms with Crippen LogP contribution in [-0.2, 0) is 51.5 Å². The molecule has 6 heterocycles. The van der Waals surface area contributed by atoms with E-state index in [1.807, 2.05) is 50.3 Å². The number of fused-ring (bicyclic) bond motifs is 2. The van der Waals surface area contributed by atoms with Gasteiger partial charge in [0.1, 0.15) is 82.8 Å². The van der Waals surface area contributed by atoms with Gasteiger partial charge in [0.2, 0.25) is 0 Å². The molecule has 4 aliphatic heterocycles. The number of aromatic nitrogens is 2. The number of likely N-dealkylation sites (tertiary alicyclic amines) is 2. The predicted molar refractivity (Wildman–Crippen MR) is 305 cm³/mol. The molecule has 2 fully saturated rings. The van der Waals surface area contributed by atoms with Gasteiger partial charge >= 0.3 is 251 Å². The summed E-state index contributed by atoms with van der Waals surface area (Å²) in [6.45, 7) is 24.7. The van der Waals surface area contributed by atoms with Crippen LogP contribution in [0.5, 0.6) is 11.5 Å². The third kappa shape index (κ3) is 21.8. The number of hydrogen-bond acceptors (Lipinski definition) is 32. The molecule has 8 rings (SSSR count). The second kappa shape index (κ2) is 37.0. The summed E-state index contributed by atoms with van der Waals surface area (Å²) in [5.41, 5.74) is 8.56. The van der Waals surface area contributed by atoms with E-state index < -0.39 is 96.9 Å². The van der Waals surface area contributed by atoms with Gasteiger partial charge in [0.25, 0.3) is 11.8 Å². The van der Waals surface area contributed by atoms with Crippen molar-refractivity contribution in [3.05, 3.63) is 130 Å². The number of nitrogens with one attached hydrogen (secondary N) is 2. The van der Waals surface area contributed by atoms with Crippen LogP contribution in [0.2, 0.25) is 0 Å². The van der Waals surface area contributed by atoms with E-state index in [9.17, 15) is 79.2 Å². The van der Waals surface area contributed by atoms with Crippen molar-refractivity contribution in [1.82, 2.24) is 30.4 Å². The van der Waals surface area contributed by atoms with Crippen molar-refractivity contribution < 1.29 is 129 Å². The van der Waals surface area contributed by atoms with Gasteiger partial charge in [-0.3, -0.25) is 9.59 Å². The average Bonchev–Trinajstić information content (AvgIpc) is 1.60. The number of aliphatic carboxylic acids is 6. The van der Waals surface area contributed by atoms with Crippen molar-refractivity contribution in [2.45, 2.75) is 126 Å². The van der Waals surface area contributed by atoms with Crippen molar-refractivity contribution in [2.75, 3.05) is 53.5 Å². The van der Waals surface area contributed by atoms with Gasteiger partial charge < -0.3 is 99.5 Å². The first-order valence-electron chi connectivity index (χ1n) is 28.8. The van der Waals surface area contributed by atoms with Gasteiger partial charge in [-0.25, -0.2) is 9.97 Å². The van der Waals surface area contributed by atoms with Crippen LogP contribution in [0, 0.1) is 50.4 Å². The molecule has 2 aromatic heterocycles. The summed E-state index contributed by atoms with van der Waals surface area (Å²) >= 11 is 0. The maximum absolute atomic E-state index is 12.6. The number of hydrogen-bond donors (Lipinski definition) is 10. The Morgan fingerprint density at radius 1 is 0.542 bits per heavy atom. The summed E-state index contributed by atoms with van der Waals surface area (Å²) in [6, 6.07) is 14.5. The second-order valence-electron chi connectivity index (χ2n) is 21.6. The molecule has 0 saturated carbocycles. The van der Waals surface area contributed by atoms with Gasteiger partial charge in [0.05, 0.1) is 50.0 Å². The molecule has 2 aromatic carbocycles. The van der Waals surface area contributed by atoms with E-state index in [0.29, 0.717) is 37.8 Å². The molecule has 2 amide bonds. The molecule has 4 aliphatic rings. The molecule has 4 aromatic rings. The van der Waals surface area contributed by atoms with Gasteiger partial charge in [-0.05, 0) is 0 Å². The number of aliphatic hydroxyl groups is 8. The van der Waals surface area contributed by atoms with Gasteiger partial charge in [0.15, 0.2) is 0 Å². The van der Waals surface area contributed by atoms with Crippen molar-refractivity contribution in [1.29, 1.82) is 10.5 Å². The van der Waals surface area contributed by atoms with Crippen molar-refractivity contribution in [3.63, 3.8) is 0 Å². The summed E-state index contributed by atoms with van der Waals surface area (Å²) < 4.78 is 21.1. The van der Waals surface area contributed by atoms with Crippen molar-refractivity contribution in [3.8, 4) is 23.6 Å². The van der Waals surface area contributed by atoms with Gasteiger partial charge in [-0.2, -0.15) is 10.5 Å². The molecule has 0 aliphatic carbocycles. The summed E-state index contributed by atoms with van der Waals surface area (Å²) in [5, 5.41) is 153. The molecule has 10 atom stereocenters. The first kappa shape index (κ1) is 79.0. The van der Waals surface area contributed by atoms with E-state index in [2.05, 4.69) is 30.4 Å². The number of methoxy groups -OCH3 is 2. The van der Waals surface area contributed by atoms with Crippen LogP contribution in [0.3, 0.4) is 0 Å². The summed E-state index contributed by atoms with van der Waals surface area (Å²) in [7, 11) is 2.90. The maximum atomic E-state index is 12.6. The normalized spacial score (nSPS) is 18.4. The second-order valence-corrected chi connectivity index (χ2v) is 21.6. The fraction of sp³-hybridized carbons (Fsp3) is 0.452. The Balaban J connectivity index is 0.000000288.